The molecular formula is C15H14ClN3. The van der Waals surface area contributed by atoms with E-state index in [1.165, 1.54) is 0 Å². The molecule has 1 atom stereocenters. The summed E-state index contributed by atoms with van der Waals surface area (Å²) in [5.41, 5.74) is 8.79. The molecule has 0 radical (unpaired) electrons. The van der Waals surface area contributed by atoms with Gasteiger partial charge in [-0.15, -0.1) is 0 Å². The maximum atomic E-state index is 6.35. The molecule has 0 aliphatic carbocycles. The third kappa shape index (κ3) is 2.11. The van der Waals surface area contributed by atoms with Crippen LogP contribution in [0.4, 0.5) is 0 Å². The fraction of sp³-hybridized carbons (Fsp3) is 0.133. The number of aromatic nitrogens is 2. The minimum absolute atomic E-state index is 0.0269. The highest BCUT2D eigenvalue weighted by molar-refractivity contribution is 6.32. The maximum absolute atomic E-state index is 6.35. The van der Waals surface area contributed by atoms with E-state index >= 15 is 0 Å². The largest absolute Gasteiger partial charge is 0.324 e. The van der Waals surface area contributed by atoms with Crippen molar-refractivity contribution in [3.63, 3.8) is 0 Å². The van der Waals surface area contributed by atoms with Crippen molar-refractivity contribution in [2.45, 2.75) is 13.0 Å². The molecule has 19 heavy (non-hydrogen) atoms. The molecule has 3 aromatic rings. The number of rotatable bonds is 2. The van der Waals surface area contributed by atoms with Gasteiger partial charge in [-0.2, -0.15) is 5.10 Å². The minimum Gasteiger partial charge on any atom is -0.324 e. The molecule has 3 rings (SSSR count). The topological polar surface area (TPSA) is 43.8 Å². The summed E-state index contributed by atoms with van der Waals surface area (Å²) in [6.07, 6.45) is 1.84. The molecule has 1 aromatic heterocycles. The quantitative estimate of drug-likeness (QED) is 0.772. The smallest absolute Gasteiger partial charge is 0.0839 e. The summed E-state index contributed by atoms with van der Waals surface area (Å²) in [4.78, 5) is 0. The molecule has 0 amide bonds. The molecule has 0 unspecified atom stereocenters. The Balaban J connectivity index is 2.17. The first-order valence-corrected chi connectivity index (χ1v) is 6.53. The van der Waals surface area contributed by atoms with Crippen LogP contribution in [0.5, 0.6) is 0 Å². The van der Waals surface area contributed by atoms with E-state index in [1.807, 2.05) is 60.3 Å². The van der Waals surface area contributed by atoms with Crippen molar-refractivity contribution >= 4 is 22.5 Å². The summed E-state index contributed by atoms with van der Waals surface area (Å²) in [5.74, 6) is 0. The van der Waals surface area contributed by atoms with Crippen molar-refractivity contribution in [1.82, 2.24) is 9.78 Å². The molecular weight excluding hydrogens is 258 g/mol. The van der Waals surface area contributed by atoms with Gasteiger partial charge in [-0.25, -0.2) is 4.68 Å². The van der Waals surface area contributed by atoms with Crippen molar-refractivity contribution in [3.05, 3.63) is 59.2 Å². The van der Waals surface area contributed by atoms with Crippen LogP contribution in [-0.4, -0.2) is 9.78 Å². The highest BCUT2D eigenvalue weighted by Crippen LogP contribution is 2.26. The van der Waals surface area contributed by atoms with Gasteiger partial charge in [-0.05, 0) is 30.7 Å². The van der Waals surface area contributed by atoms with E-state index in [0.717, 1.165) is 22.2 Å². The minimum atomic E-state index is -0.0269. The van der Waals surface area contributed by atoms with Crippen LogP contribution in [0.25, 0.3) is 16.6 Å². The average molecular weight is 272 g/mol. The van der Waals surface area contributed by atoms with Gasteiger partial charge in [0.2, 0.25) is 0 Å². The zero-order chi connectivity index (χ0) is 13.4. The normalized spacial score (nSPS) is 12.8. The van der Waals surface area contributed by atoms with Crippen LogP contribution in [0.1, 0.15) is 18.5 Å². The molecule has 0 fully saturated rings. The van der Waals surface area contributed by atoms with Gasteiger partial charge in [0.1, 0.15) is 0 Å². The van der Waals surface area contributed by atoms with E-state index in [2.05, 4.69) is 5.10 Å². The van der Waals surface area contributed by atoms with E-state index < -0.39 is 0 Å². The van der Waals surface area contributed by atoms with E-state index in [4.69, 9.17) is 17.3 Å². The Morgan fingerprint density at radius 2 is 2.00 bits per heavy atom. The highest BCUT2D eigenvalue weighted by atomic mass is 35.5. The van der Waals surface area contributed by atoms with E-state index in [0.29, 0.717) is 5.02 Å². The first-order chi connectivity index (χ1) is 9.16. The van der Waals surface area contributed by atoms with Crippen molar-refractivity contribution in [1.29, 1.82) is 0 Å². The molecule has 96 valence electrons. The zero-order valence-electron chi connectivity index (χ0n) is 10.5. The van der Waals surface area contributed by atoms with E-state index in [9.17, 15) is 0 Å². The molecule has 1 heterocycles. The maximum Gasteiger partial charge on any atom is 0.0839 e. The third-order valence-corrected chi connectivity index (χ3v) is 3.51. The number of halogens is 1. The first-order valence-electron chi connectivity index (χ1n) is 6.15. The number of nitrogens with zero attached hydrogens (tertiary/aromatic N) is 2. The fourth-order valence-electron chi connectivity index (χ4n) is 2.14. The molecule has 0 saturated carbocycles. The summed E-state index contributed by atoms with van der Waals surface area (Å²) < 4.78 is 1.85. The summed E-state index contributed by atoms with van der Waals surface area (Å²) in [7, 11) is 0. The second kappa shape index (κ2) is 4.68. The van der Waals surface area contributed by atoms with E-state index in [-0.39, 0.29) is 6.04 Å². The van der Waals surface area contributed by atoms with Crippen LogP contribution in [-0.2, 0) is 0 Å². The Morgan fingerprint density at radius 3 is 2.74 bits per heavy atom. The number of nitrogens with two attached hydrogens (primary N) is 1. The number of benzene rings is 2. The Bertz CT molecular complexity index is 731. The van der Waals surface area contributed by atoms with Gasteiger partial charge >= 0.3 is 0 Å². The van der Waals surface area contributed by atoms with Crippen LogP contribution in [0, 0.1) is 0 Å². The number of hydrogen-bond acceptors (Lipinski definition) is 2. The van der Waals surface area contributed by atoms with Gasteiger partial charge in [0, 0.05) is 11.4 Å². The van der Waals surface area contributed by atoms with Crippen molar-refractivity contribution in [3.8, 4) is 5.69 Å². The molecule has 2 aromatic carbocycles. The Hall–Kier alpha value is -1.84. The van der Waals surface area contributed by atoms with Gasteiger partial charge in [0.15, 0.2) is 0 Å². The van der Waals surface area contributed by atoms with Gasteiger partial charge in [-0.3, -0.25) is 0 Å². The van der Waals surface area contributed by atoms with E-state index in [1.54, 1.807) is 0 Å². The third-order valence-electron chi connectivity index (χ3n) is 3.20. The Kier molecular flexibility index (Phi) is 3.01. The summed E-state index contributed by atoms with van der Waals surface area (Å²) in [6.45, 7) is 1.94. The number of hydrogen-bond donors (Lipinski definition) is 1. The fourth-order valence-corrected chi connectivity index (χ4v) is 2.41. The van der Waals surface area contributed by atoms with Crippen molar-refractivity contribution in [2.24, 2.45) is 5.73 Å². The molecule has 0 aliphatic heterocycles. The predicted octanol–water partition coefficient (Wildman–Crippen LogP) is 3.70. The van der Waals surface area contributed by atoms with Crippen LogP contribution in [0.2, 0.25) is 5.02 Å². The molecule has 0 aliphatic rings. The molecule has 3 nitrogen and oxygen atoms in total. The van der Waals surface area contributed by atoms with Gasteiger partial charge in [0.05, 0.1) is 22.4 Å². The van der Waals surface area contributed by atoms with Crippen molar-refractivity contribution < 1.29 is 0 Å². The second-order valence-corrected chi connectivity index (χ2v) is 5.02. The predicted molar refractivity (Wildman–Crippen MR) is 78.7 cm³/mol. The number of fused-ring (bicyclic) bond motifs is 1. The lowest BCUT2D eigenvalue weighted by atomic mass is 10.1. The van der Waals surface area contributed by atoms with Gasteiger partial charge in [0.25, 0.3) is 0 Å². The van der Waals surface area contributed by atoms with Crippen LogP contribution in [0.15, 0.2) is 48.7 Å². The molecule has 4 heteroatoms. The van der Waals surface area contributed by atoms with Crippen molar-refractivity contribution in [2.75, 3.05) is 0 Å². The van der Waals surface area contributed by atoms with Crippen LogP contribution >= 0.6 is 11.6 Å². The average Bonchev–Trinajstić information content (AvgIpc) is 2.82. The SMILES string of the molecule is C[C@@H](N)c1ccc(-n2ncc3ccccc32)c(Cl)c1. The Labute approximate surface area is 116 Å². The standard InChI is InChI=1S/C15H14ClN3/c1-10(17)11-6-7-15(13(16)8-11)19-14-5-3-2-4-12(14)9-18-19/h2-10H,17H2,1H3/t10-/m1/s1. The summed E-state index contributed by atoms with van der Waals surface area (Å²) >= 11 is 6.35. The summed E-state index contributed by atoms with van der Waals surface area (Å²) in [6, 6.07) is 13.9. The van der Waals surface area contributed by atoms with Crippen LogP contribution in [0.3, 0.4) is 0 Å². The second-order valence-electron chi connectivity index (χ2n) is 4.61. The lowest BCUT2D eigenvalue weighted by Gasteiger charge is -2.10. The van der Waals surface area contributed by atoms with Gasteiger partial charge < -0.3 is 5.73 Å². The molecule has 2 N–H and O–H groups in total. The molecule has 0 saturated heterocycles. The van der Waals surface area contributed by atoms with Crippen LogP contribution < -0.4 is 5.73 Å². The number of para-hydroxylation sites is 1. The highest BCUT2D eigenvalue weighted by Gasteiger charge is 2.09. The lowest BCUT2D eigenvalue weighted by molar-refractivity contribution is 0.815. The first kappa shape index (κ1) is 12.2. The molecule has 0 bridgehead atoms. The lowest BCUT2D eigenvalue weighted by Crippen LogP contribution is -2.05. The zero-order valence-corrected chi connectivity index (χ0v) is 11.3. The van der Waals surface area contributed by atoms with Gasteiger partial charge in [-0.1, -0.05) is 35.9 Å². The Morgan fingerprint density at radius 1 is 1.21 bits per heavy atom. The monoisotopic (exact) mass is 271 g/mol. The molecule has 0 spiro atoms. The summed E-state index contributed by atoms with van der Waals surface area (Å²) in [5, 5.41) is 6.15.